The minimum absolute atomic E-state index is 0.0872. The SMILES string of the molecule is O=C(O)C1CCC(C(=O)NCc2nccc(C(F)(F)F)n2)N1C1CC1. The van der Waals surface area contributed by atoms with Crippen molar-refractivity contribution in [3.63, 3.8) is 0 Å². The standard InChI is InChI=1S/C15H17F3N4O3/c16-15(17,18)11-5-6-19-12(21-11)7-20-13(23)9-3-4-10(14(24)25)22(9)8-1-2-8/h5-6,8-10H,1-4,7H2,(H,20,23)(H,24,25). The first-order valence-electron chi connectivity index (χ1n) is 7.94. The third kappa shape index (κ3) is 3.89. The van der Waals surface area contributed by atoms with E-state index in [9.17, 15) is 27.9 Å². The van der Waals surface area contributed by atoms with Crippen LogP contribution in [0.2, 0.25) is 0 Å². The number of alkyl halides is 3. The molecule has 2 heterocycles. The van der Waals surface area contributed by atoms with Crippen LogP contribution in [0.3, 0.4) is 0 Å². The van der Waals surface area contributed by atoms with Gasteiger partial charge in [0.15, 0.2) is 0 Å². The summed E-state index contributed by atoms with van der Waals surface area (Å²) < 4.78 is 37.9. The molecule has 1 aliphatic heterocycles. The Kier molecular flexibility index (Phi) is 4.63. The third-order valence-electron chi connectivity index (χ3n) is 4.41. The molecule has 1 amide bonds. The minimum atomic E-state index is -4.58. The number of amides is 1. The first-order chi connectivity index (χ1) is 11.8. The van der Waals surface area contributed by atoms with Crippen molar-refractivity contribution in [2.45, 2.75) is 56.5 Å². The molecule has 7 nitrogen and oxygen atoms in total. The Hall–Kier alpha value is -2.23. The smallest absolute Gasteiger partial charge is 0.433 e. The van der Waals surface area contributed by atoms with Crippen molar-refractivity contribution in [1.29, 1.82) is 0 Å². The van der Waals surface area contributed by atoms with Crippen LogP contribution in [0.1, 0.15) is 37.2 Å². The molecule has 1 saturated heterocycles. The van der Waals surface area contributed by atoms with Gasteiger partial charge in [0.2, 0.25) is 5.91 Å². The van der Waals surface area contributed by atoms with Crippen LogP contribution in [0.5, 0.6) is 0 Å². The molecule has 25 heavy (non-hydrogen) atoms. The molecule has 1 aliphatic carbocycles. The Morgan fingerprint density at radius 3 is 2.52 bits per heavy atom. The predicted octanol–water partition coefficient (Wildman–Crippen LogP) is 1.19. The maximum atomic E-state index is 12.6. The number of nitrogens with zero attached hydrogens (tertiary/aromatic N) is 3. The fourth-order valence-electron chi connectivity index (χ4n) is 3.16. The highest BCUT2D eigenvalue weighted by Gasteiger charge is 2.48. The van der Waals surface area contributed by atoms with Gasteiger partial charge in [-0.1, -0.05) is 0 Å². The molecule has 2 aliphatic rings. The van der Waals surface area contributed by atoms with E-state index in [0.717, 1.165) is 25.1 Å². The van der Waals surface area contributed by atoms with E-state index in [0.29, 0.717) is 12.8 Å². The molecule has 1 aromatic rings. The van der Waals surface area contributed by atoms with E-state index >= 15 is 0 Å². The van der Waals surface area contributed by atoms with Gasteiger partial charge in [0.05, 0.1) is 12.6 Å². The first kappa shape index (κ1) is 17.6. The van der Waals surface area contributed by atoms with Crippen LogP contribution >= 0.6 is 0 Å². The molecule has 136 valence electrons. The third-order valence-corrected chi connectivity index (χ3v) is 4.41. The summed E-state index contributed by atoms with van der Waals surface area (Å²) in [5.41, 5.74) is -1.07. The number of carbonyl (C=O) groups is 2. The van der Waals surface area contributed by atoms with Crippen LogP contribution in [-0.4, -0.2) is 50.0 Å². The first-order valence-corrected chi connectivity index (χ1v) is 7.94. The Balaban J connectivity index is 1.64. The maximum Gasteiger partial charge on any atom is 0.433 e. The number of rotatable bonds is 5. The van der Waals surface area contributed by atoms with E-state index in [1.54, 1.807) is 4.90 Å². The minimum Gasteiger partial charge on any atom is -0.480 e. The van der Waals surface area contributed by atoms with Crippen molar-refractivity contribution in [3.05, 3.63) is 23.8 Å². The highest BCUT2D eigenvalue weighted by molar-refractivity contribution is 5.84. The number of hydrogen-bond donors (Lipinski definition) is 2. The van der Waals surface area contributed by atoms with Crippen molar-refractivity contribution in [2.75, 3.05) is 0 Å². The van der Waals surface area contributed by atoms with E-state index in [4.69, 9.17) is 0 Å². The molecular weight excluding hydrogens is 341 g/mol. The Morgan fingerprint density at radius 1 is 1.24 bits per heavy atom. The predicted molar refractivity (Wildman–Crippen MR) is 78.2 cm³/mol. The van der Waals surface area contributed by atoms with Crippen LogP contribution in [-0.2, 0) is 22.3 Å². The van der Waals surface area contributed by atoms with E-state index in [2.05, 4.69) is 15.3 Å². The van der Waals surface area contributed by atoms with Gasteiger partial charge >= 0.3 is 12.1 Å². The van der Waals surface area contributed by atoms with E-state index < -0.39 is 35.8 Å². The summed E-state index contributed by atoms with van der Waals surface area (Å²) >= 11 is 0. The zero-order chi connectivity index (χ0) is 18.2. The molecular formula is C15H17F3N4O3. The number of halogens is 3. The van der Waals surface area contributed by atoms with E-state index in [-0.39, 0.29) is 18.4 Å². The van der Waals surface area contributed by atoms with Gasteiger partial charge in [-0.15, -0.1) is 0 Å². The monoisotopic (exact) mass is 358 g/mol. The van der Waals surface area contributed by atoms with Crippen LogP contribution in [0.25, 0.3) is 0 Å². The lowest BCUT2D eigenvalue weighted by atomic mass is 10.2. The zero-order valence-corrected chi connectivity index (χ0v) is 13.2. The van der Waals surface area contributed by atoms with E-state index in [1.165, 1.54) is 0 Å². The van der Waals surface area contributed by atoms with Crippen LogP contribution in [0.4, 0.5) is 13.2 Å². The number of likely N-dealkylation sites (tertiary alicyclic amines) is 1. The van der Waals surface area contributed by atoms with Gasteiger partial charge in [-0.3, -0.25) is 14.5 Å². The summed E-state index contributed by atoms with van der Waals surface area (Å²) in [6.07, 6.45) is -1.10. The van der Waals surface area contributed by atoms with Gasteiger partial charge in [0.1, 0.15) is 17.6 Å². The quantitative estimate of drug-likeness (QED) is 0.821. The number of aromatic nitrogens is 2. The highest BCUT2D eigenvalue weighted by atomic mass is 19.4. The second-order valence-electron chi connectivity index (χ2n) is 6.20. The normalized spacial score (nSPS) is 24.3. The summed E-state index contributed by atoms with van der Waals surface area (Å²) in [6, 6.07) is -0.425. The van der Waals surface area contributed by atoms with Crippen molar-refractivity contribution < 1.29 is 27.9 Å². The second-order valence-corrected chi connectivity index (χ2v) is 6.20. The summed E-state index contributed by atoms with van der Waals surface area (Å²) in [5, 5.41) is 11.8. The molecule has 0 spiro atoms. The van der Waals surface area contributed by atoms with Gasteiger partial charge in [-0.2, -0.15) is 13.2 Å². The molecule has 0 bridgehead atoms. The van der Waals surface area contributed by atoms with Crippen molar-refractivity contribution in [1.82, 2.24) is 20.2 Å². The Labute approximate surface area is 141 Å². The molecule has 2 unspecified atom stereocenters. The lowest BCUT2D eigenvalue weighted by Crippen LogP contribution is -2.49. The number of aliphatic carboxylic acids is 1. The lowest BCUT2D eigenvalue weighted by molar-refractivity contribution is -0.143. The van der Waals surface area contributed by atoms with Crippen LogP contribution in [0, 0.1) is 0 Å². The Bertz CT molecular complexity index is 678. The summed E-state index contributed by atoms with van der Waals surface area (Å²) in [6.45, 7) is -0.241. The zero-order valence-electron chi connectivity index (χ0n) is 13.2. The lowest BCUT2D eigenvalue weighted by Gasteiger charge is -2.27. The molecule has 0 radical (unpaired) electrons. The molecule has 0 aromatic carbocycles. The average molecular weight is 358 g/mol. The number of hydrogen-bond acceptors (Lipinski definition) is 5. The fourth-order valence-corrected chi connectivity index (χ4v) is 3.16. The molecule has 2 fully saturated rings. The fraction of sp³-hybridized carbons (Fsp3) is 0.600. The second kappa shape index (κ2) is 6.58. The largest absolute Gasteiger partial charge is 0.480 e. The van der Waals surface area contributed by atoms with Crippen molar-refractivity contribution in [3.8, 4) is 0 Å². The number of carboxylic acid groups (broad SMARTS) is 1. The van der Waals surface area contributed by atoms with E-state index in [1.807, 2.05) is 0 Å². The molecule has 3 rings (SSSR count). The summed E-state index contributed by atoms with van der Waals surface area (Å²) in [7, 11) is 0. The Morgan fingerprint density at radius 2 is 1.92 bits per heavy atom. The number of carbonyl (C=O) groups excluding carboxylic acids is 1. The molecule has 1 aromatic heterocycles. The summed E-state index contributed by atoms with van der Waals surface area (Å²) in [5.74, 6) is -1.51. The van der Waals surface area contributed by atoms with Crippen LogP contribution < -0.4 is 5.32 Å². The van der Waals surface area contributed by atoms with Gasteiger partial charge in [0, 0.05) is 12.2 Å². The van der Waals surface area contributed by atoms with Crippen molar-refractivity contribution >= 4 is 11.9 Å². The number of carboxylic acids is 1. The molecule has 2 N–H and O–H groups in total. The summed E-state index contributed by atoms with van der Waals surface area (Å²) in [4.78, 5) is 32.5. The van der Waals surface area contributed by atoms with Gasteiger partial charge < -0.3 is 10.4 Å². The average Bonchev–Trinajstić information content (AvgIpc) is 3.29. The number of nitrogens with one attached hydrogen (secondary N) is 1. The van der Waals surface area contributed by atoms with Gasteiger partial charge in [0.25, 0.3) is 0 Å². The van der Waals surface area contributed by atoms with Crippen LogP contribution in [0.15, 0.2) is 12.3 Å². The highest BCUT2D eigenvalue weighted by Crippen LogP contribution is 2.37. The maximum absolute atomic E-state index is 12.6. The topological polar surface area (TPSA) is 95.4 Å². The van der Waals surface area contributed by atoms with Gasteiger partial charge in [-0.05, 0) is 31.7 Å². The molecule has 10 heteroatoms. The molecule has 1 saturated carbocycles. The molecule has 2 atom stereocenters. The van der Waals surface area contributed by atoms with Crippen molar-refractivity contribution in [2.24, 2.45) is 0 Å². The van der Waals surface area contributed by atoms with Gasteiger partial charge in [-0.25, -0.2) is 9.97 Å².